The highest BCUT2D eigenvalue weighted by molar-refractivity contribution is 5.46. The van der Waals surface area contributed by atoms with Crippen LogP contribution in [0.5, 0.6) is 5.75 Å². The zero-order chi connectivity index (χ0) is 13.7. The van der Waals surface area contributed by atoms with E-state index in [1.807, 2.05) is 30.3 Å². The van der Waals surface area contributed by atoms with E-state index in [4.69, 9.17) is 5.73 Å². The number of rotatable bonds is 5. The molecular formula is C16H20N2O. The number of nitrogen functional groups attached to an aromatic ring is 1. The van der Waals surface area contributed by atoms with Crippen LogP contribution in [0.3, 0.4) is 0 Å². The molecule has 19 heavy (non-hydrogen) atoms. The maximum absolute atomic E-state index is 9.49. The van der Waals surface area contributed by atoms with Gasteiger partial charge < -0.3 is 10.8 Å². The van der Waals surface area contributed by atoms with Crippen molar-refractivity contribution in [3.8, 4) is 5.75 Å². The number of benzene rings is 2. The summed E-state index contributed by atoms with van der Waals surface area (Å²) in [6.07, 6.45) is 0. The number of hydrogen-bond donors (Lipinski definition) is 2. The molecule has 0 fully saturated rings. The van der Waals surface area contributed by atoms with Crippen molar-refractivity contribution in [1.82, 2.24) is 4.90 Å². The molecule has 0 aliphatic heterocycles. The fourth-order valence-electron chi connectivity index (χ4n) is 2.11. The zero-order valence-corrected chi connectivity index (χ0v) is 11.2. The van der Waals surface area contributed by atoms with E-state index >= 15 is 0 Å². The summed E-state index contributed by atoms with van der Waals surface area (Å²) >= 11 is 0. The molecule has 0 atom stereocenters. The van der Waals surface area contributed by atoms with Gasteiger partial charge >= 0.3 is 0 Å². The molecule has 0 unspecified atom stereocenters. The molecular weight excluding hydrogens is 236 g/mol. The number of nitrogens with two attached hydrogens (primary N) is 1. The van der Waals surface area contributed by atoms with Gasteiger partial charge in [-0.1, -0.05) is 37.3 Å². The van der Waals surface area contributed by atoms with E-state index in [1.165, 1.54) is 0 Å². The predicted octanol–water partition coefficient (Wildman–Crippen LogP) is 3.00. The van der Waals surface area contributed by atoms with Crippen molar-refractivity contribution < 1.29 is 5.11 Å². The lowest BCUT2D eigenvalue weighted by Crippen LogP contribution is -2.22. The first-order chi connectivity index (χ1) is 9.19. The van der Waals surface area contributed by atoms with Gasteiger partial charge in [-0.2, -0.15) is 0 Å². The summed E-state index contributed by atoms with van der Waals surface area (Å²) in [5, 5.41) is 9.49. The quantitative estimate of drug-likeness (QED) is 0.808. The van der Waals surface area contributed by atoms with Crippen LogP contribution in [0.25, 0.3) is 0 Å². The number of aromatic hydroxyl groups is 1. The van der Waals surface area contributed by atoms with Gasteiger partial charge in [-0.05, 0) is 35.9 Å². The van der Waals surface area contributed by atoms with E-state index < -0.39 is 0 Å². The van der Waals surface area contributed by atoms with Crippen molar-refractivity contribution in [3.63, 3.8) is 0 Å². The average molecular weight is 256 g/mol. The third-order valence-corrected chi connectivity index (χ3v) is 3.21. The predicted molar refractivity (Wildman–Crippen MR) is 78.7 cm³/mol. The molecule has 0 spiro atoms. The second-order valence-corrected chi connectivity index (χ2v) is 4.67. The Kier molecular flexibility index (Phi) is 4.42. The first kappa shape index (κ1) is 13.4. The van der Waals surface area contributed by atoms with Gasteiger partial charge in [-0.25, -0.2) is 0 Å². The van der Waals surface area contributed by atoms with Crippen molar-refractivity contribution in [3.05, 3.63) is 59.7 Å². The van der Waals surface area contributed by atoms with E-state index in [-0.39, 0.29) is 0 Å². The minimum atomic E-state index is 0.313. The Morgan fingerprint density at radius 2 is 1.84 bits per heavy atom. The van der Waals surface area contributed by atoms with Crippen LogP contribution in [-0.4, -0.2) is 16.6 Å². The molecule has 3 nitrogen and oxygen atoms in total. The van der Waals surface area contributed by atoms with Crippen molar-refractivity contribution in [2.45, 2.75) is 20.0 Å². The lowest BCUT2D eigenvalue weighted by atomic mass is 10.1. The van der Waals surface area contributed by atoms with E-state index in [0.29, 0.717) is 5.75 Å². The lowest BCUT2D eigenvalue weighted by Gasteiger charge is -2.21. The standard InChI is InChI=1S/C16H20N2O/c1-2-18(11-13-6-5-8-15(19)10-13)12-14-7-3-4-9-16(14)17/h3-10,19H,2,11-12,17H2,1H3. The summed E-state index contributed by atoms with van der Waals surface area (Å²) in [6, 6.07) is 15.3. The van der Waals surface area contributed by atoms with Crippen LogP contribution < -0.4 is 5.73 Å². The van der Waals surface area contributed by atoms with Crippen LogP contribution in [0, 0.1) is 0 Å². The SMILES string of the molecule is CCN(Cc1cccc(O)c1)Cc1ccccc1N. The highest BCUT2D eigenvalue weighted by Crippen LogP contribution is 2.17. The van der Waals surface area contributed by atoms with Crippen molar-refractivity contribution in [1.29, 1.82) is 0 Å². The second kappa shape index (κ2) is 6.25. The summed E-state index contributed by atoms with van der Waals surface area (Å²) in [7, 11) is 0. The highest BCUT2D eigenvalue weighted by Gasteiger charge is 2.07. The van der Waals surface area contributed by atoms with Crippen molar-refractivity contribution in [2.24, 2.45) is 0 Å². The van der Waals surface area contributed by atoms with Crippen molar-refractivity contribution in [2.75, 3.05) is 12.3 Å². The molecule has 0 aromatic heterocycles. The average Bonchev–Trinajstić information content (AvgIpc) is 2.40. The smallest absolute Gasteiger partial charge is 0.115 e. The topological polar surface area (TPSA) is 49.5 Å². The molecule has 0 radical (unpaired) electrons. The normalized spacial score (nSPS) is 10.8. The van der Waals surface area contributed by atoms with Crippen LogP contribution in [0.4, 0.5) is 5.69 Å². The second-order valence-electron chi connectivity index (χ2n) is 4.67. The first-order valence-electron chi connectivity index (χ1n) is 6.52. The summed E-state index contributed by atoms with van der Waals surface area (Å²) in [5.41, 5.74) is 9.06. The molecule has 0 bridgehead atoms. The van der Waals surface area contributed by atoms with Crippen molar-refractivity contribution >= 4 is 5.69 Å². The Morgan fingerprint density at radius 1 is 1.05 bits per heavy atom. The van der Waals surface area contributed by atoms with Crippen LogP contribution in [0.15, 0.2) is 48.5 Å². The fourth-order valence-corrected chi connectivity index (χ4v) is 2.11. The Hall–Kier alpha value is -2.00. The van der Waals surface area contributed by atoms with Crippen LogP contribution in [0.1, 0.15) is 18.1 Å². The number of nitrogens with zero attached hydrogens (tertiary/aromatic N) is 1. The molecule has 100 valence electrons. The summed E-state index contributed by atoms with van der Waals surface area (Å²) < 4.78 is 0. The largest absolute Gasteiger partial charge is 0.508 e. The van der Waals surface area contributed by atoms with E-state index in [1.54, 1.807) is 12.1 Å². The molecule has 2 aromatic rings. The number of hydrogen-bond acceptors (Lipinski definition) is 3. The van der Waals surface area contributed by atoms with Crippen LogP contribution >= 0.6 is 0 Å². The monoisotopic (exact) mass is 256 g/mol. The molecule has 0 saturated carbocycles. The summed E-state index contributed by atoms with van der Waals surface area (Å²) in [5.74, 6) is 0.313. The van der Waals surface area contributed by atoms with E-state index in [2.05, 4.69) is 17.9 Å². The summed E-state index contributed by atoms with van der Waals surface area (Å²) in [6.45, 7) is 4.68. The van der Waals surface area contributed by atoms with Gasteiger partial charge in [-0.3, -0.25) is 4.90 Å². The van der Waals surface area contributed by atoms with Gasteiger partial charge in [0.05, 0.1) is 0 Å². The van der Waals surface area contributed by atoms with E-state index in [9.17, 15) is 5.11 Å². The number of phenols is 1. The minimum Gasteiger partial charge on any atom is -0.508 e. The molecule has 0 aliphatic rings. The van der Waals surface area contributed by atoms with Crippen LogP contribution in [-0.2, 0) is 13.1 Å². The highest BCUT2D eigenvalue weighted by atomic mass is 16.3. The van der Waals surface area contributed by atoms with Gasteiger partial charge in [0.1, 0.15) is 5.75 Å². The zero-order valence-electron chi connectivity index (χ0n) is 11.2. The third-order valence-electron chi connectivity index (χ3n) is 3.21. The van der Waals surface area contributed by atoms with Gasteiger partial charge in [0.25, 0.3) is 0 Å². The number of para-hydroxylation sites is 1. The van der Waals surface area contributed by atoms with Gasteiger partial charge in [0, 0.05) is 18.8 Å². The molecule has 0 heterocycles. The maximum Gasteiger partial charge on any atom is 0.115 e. The molecule has 0 saturated heterocycles. The maximum atomic E-state index is 9.49. The van der Waals surface area contributed by atoms with Crippen LogP contribution in [0.2, 0.25) is 0 Å². The third kappa shape index (κ3) is 3.73. The van der Waals surface area contributed by atoms with Gasteiger partial charge in [0.2, 0.25) is 0 Å². The molecule has 0 amide bonds. The molecule has 2 rings (SSSR count). The molecule has 3 heteroatoms. The first-order valence-corrected chi connectivity index (χ1v) is 6.52. The van der Waals surface area contributed by atoms with Gasteiger partial charge in [0.15, 0.2) is 0 Å². The Balaban J connectivity index is 2.07. The van der Waals surface area contributed by atoms with E-state index in [0.717, 1.165) is 36.4 Å². The number of phenolic OH excluding ortho intramolecular Hbond substituents is 1. The Labute approximate surface area is 114 Å². The lowest BCUT2D eigenvalue weighted by molar-refractivity contribution is 0.271. The minimum absolute atomic E-state index is 0.313. The molecule has 0 aliphatic carbocycles. The molecule has 3 N–H and O–H groups in total. The Morgan fingerprint density at radius 3 is 2.53 bits per heavy atom. The van der Waals surface area contributed by atoms with Gasteiger partial charge in [-0.15, -0.1) is 0 Å². The number of anilines is 1. The Bertz CT molecular complexity index is 540. The molecule has 2 aromatic carbocycles. The summed E-state index contributed by atoms with van der Waals surface area (Å²) in [4.78, 5) is 2.29. The fraction of sp³-hybridized carbons (Fsp3) is 0.250.